The number of primary amides is 1. The molecule has 0 fully saturated rings. The molecule has 0 bridgehead atoms. The summed E-state index contributed by atoms with van der Waals surface area (Å²) in [6.45, 7) is 0.540. The summed E-state index contributed by atoms with van der Waals surface area (Å²) in [5, 5.41) is 1.14. The van der Waals surface area contributed by atoms with Crippen LogP contribution in [0.4, 0.5) is 5.82 Å². The number of rotatable bonds is 5. The van der Waals surface area contributed by atoms with Crippen molar-refractivity contribution in [2.24, 2.45) is 5.73 Å². The fraction of sp³-hybridized carbons (Fsp3) is 0.368. The number of nitrogens with zero attached hydrogens (tertiary/aromatic N) is 4. The van der Waals surface area contributed by atoms with Gasteiger partial charge in [0.1, 0.15) is 10.6 Å². The Morgan fingerprint density at radius 2 is 2.15 bits per heavy atom. The Morgan fingerprint density at radius 3 is 2.92 bits per heavy atom. The molecule has 3 aromatic heterocycles. The third-order valence-electron chi connectivity index (χ3n) is 4.77. The molecule has 0 saturated carbocycles. The molecule has 26 heavy (non-hydrogen) atoms. The maximum Gasteiger partial charge on any atom is 0.219 e. The molecule has 0 radical (unpaired) electrons. The first-order valence-electron chi connectivity index (χ1n) is 8.85. The third-order valence-corrected chi connectivity index (χ3v) is 5.96. The molecule has 0 spiro atoms. The van der Waals surface area contributed by atoms with Crippen LogP contribution in [0.3, 0.4) is 0 Å². The third kappa shape index (κ3) is 3.14. The van der Waals surface area contributed by atoms with Gasteiger partial charge in [0.05, 0.1) is 5.39 Å². The van der Waals surface area contributed by atoms with Crippen LogP contribution in [0.2, 0.25) is 0 Å². The molecule has 1 aliphatic rings. The zero-order chi connectivity index (χ0) is 18.1. The smallest absolute Gasteiger partial charge is 0.219 e. The molecule has 1 aliphatic carbocycles. The van der Waals surface area contributed by atoms with Crippen LogP contribution in [0.1, 0.15) is 29.7 Å². The zero-order valence-electron chi connectivity index (χ0n) is 14.7. The van der Waals surface area contributed by atoms with Gasteiger partial charge in [0.15, 0.2) is 5.82 Å². The van der Waals surface area contributed by atoms with Crippen LogP contribution >= 0.6 is 11.3 Å². The highest BCUT2D eigenvalue weighted by Crippen LogP contribution is 2.40. The topological polar surface area (TPSA) is 85.0 Å². The Balaban J connectivity index is 1.87. The van der Waals surface area contributed by atoms with Gasteiger partial charge in [-0.3, -0.25) is 9.78 Å². The molecule has 134 valence electrons. The number of nitrogens with two attached hydrogens (primary N) is 1. The molecule has 7 heteroatoms. The summed E-state index contributed by atoms with van der Waals surface area (Å²) in [4.78, 5) is 29.6. The van der Waals surface area contributed by atoms with Crippen molar-refractivity contribution in [3.05, 3.63) is 35.0 Å². The van der Waals surface area contributed by atoms with Gasteiger partial charge >= 0.3 is 0 Å². The molecule has 0 unspecified atom stereocenters. The summed E-state index contributed by atoms with van der Waals surface area (Å²) < 4.78 is 0. The van der Waals surface area contributed by atoms with Gasteiger partial charge in [-0.15, -0.1) is 11.3 Å². The summed E-state index contributed by atoms with van der Waals surface area (Å²) in [6, 6.07) is 3.85. The van der Waals surface area contributed by atoms with Gasteiger partial charge in [-0.2, -0.15) is 0 Å². The van der Waals surface area contributed by atoms with Gasteiger partial charge < -0.3 is 10.6 Å². The lowest BCUT2D eigenvalue weighted by Gasteiger charge is -2.20. The molecule has 1 amide bonds. The molecule has 0 aromatic carbocycles. The monoisotopic (exact) mass is 367 g/mol. The van der Waals surface area contributed by atoms with Crippen LogP contribution in [-0.2, 0) is 17.6 Å². The molecule has 3 heterocycles. The van der Waals surface area contributed by atoms with Crippen molar-refractivity contribution in [3.63, 3.8) is 0 Å². The average molecular weight is 367 g/mol. The molecule has 3 aromatic rings. The van der Waals surface area contributed by atoms with Crippen molar-refractivity contribution < 1.29 is 4.79 Å². The highest BCUT2D eigenvalue weighted by atomic mass is 32.1. The quantitative estimate of drug-likeness (QED) is 0.749. The Hall–Kier alpha value is -2.54. The molecule has 0 aliphatic heterocycles. The number of fused-ring (bicyclic) bond motifs is 3. The summed E-state index contributed by atoms with van der Waals surface area (Å²) in [7, 11) is 1.96. The van der Waals surface area contributed by atoms with Crippen molar-refractivity contribution >= 4 is 33.3 Å². The molecule has 0 atom stereocenters. The van der Waals surface area contributed by atoms with Gasteiger partial charge in [0.2, 0.25) is 5.91 Å². The SMILES string of the molecule is CN(CCC(N)=O)c1nc(-c2cccnc2)nc2sc3c(c12)CCCC3. The van der Waals surface area contributed by atoms with Crippen LogP contribution in [-0.4, -0.2) is 34.5 Å². The maximum absolute atomic E-state index is 11.2. The molecular formula is C19H21N5OS. The number of carbonyl (C=O) groups excluding carboxylic acids is 1. The minimum Gasteiger partial charge on any atom is -0.370 e. The molecule has 2 N–H and O–H groups in total. The second-order valence-electron chi connectivity index (χ2n) is 6.64. The summed E-state index contributed by atoms with van der Waals surface area (Å²) in [5.74, 6) is 1.25. The lowest BCUT2D eigenvalue weighted by atomic mass is 9.97. The van der Waals surface area contributed by atoms with Crippen molar-refractivity contribution in [1.82, 2.24) is 15.0 Å². The van der Waals surface area contributed by atoms with Gasteiger partial charge in [0.25, 0.3) is 0 Å². The van der Waals surface area contributed by atoms with Crippen molar-refractivity contribution in [1.29, 1.82) is 0 Å². The maximum atomic E-state index is 11.2. The number of amides is 1. The number of hydrogen-bond acceptors (Lipinski definition) is 6. The van der Waals surface area contributed by atoms with Crippen LogP contribution in [0.5, 0.6) is 0 Å². The summed E-state index contributed by atoms with van der Waals surface area (Å²) in [5.41, 5.74) is 7.62. The highest BCUT2D eigenvalue weighted by Gasteiger charge is 2.23. The highest BCUT2D eigenvalue weighted by molar-refractivity contribution is 7.19. The van der Waals surface area contributed by atoms with E-state index in [0.29, 0.717) is 18.8 Å². The van der Waals surface area contributed by atoms with Crippen LogP contribution < -0.4 is 10.6 Å². The summed E-state index contributed by atoms with van der Waals surface area (Å²) in [6.07, 6.45) is 8.44. The minimum absolute atomic E-state index is 0.302. The number of aryl methyl sites for hydroxylation is 2. The normalized spacial score (nSPS) is 13.6. The van der Waals surface area contributed by atoms with Gasteiger partial charge in [-0.25, -0.2) is 9.97 Å². The van der Waals surface area contributed by atoms with Gasteiger partial charge in [-0.05, 0) is 43.4 Å². The van der Waals surface area contributed by atoms with E-state index in [1.165, 1.54) is 23.3 Å². The number of anilines is 1. The fourth-order valence-electron chi connectivity index (χ4n) is 3.42. The second-order valence-corrected chi connectivity index (χ2v) is 7.73. The van der Waals surface area contributed by atoms with E-state index in [9.17, 15) is 4.79 Å². The standard InChI is InChI=1S/C19H21N5OS/c1-24(10-8-15(20)25)18-16-13-6-2-3-7-14(13)26-19(16)23-17(22-18)12-5-4-9-21-11-12/h4-5,9,11H,2-3,6-8,10H2,1H3,(H2,20,25). The number of carbonyl (C=O) groups is 1. The largest absolute Gasteiger partial charge is 0.370 e. The second kappa shape index (κ2) is 6.99. The van der Waals surface area contributed by atoms with Gasteiger partial charge in [0, 0.05) is 42.8 Å². The van der Waals surface area contributed by atoms with E-state index < -0.39 is 0 Å². The number of hydrogen-bond donors (Lipinski definition) is 1. The molecule has 4 rings (SSSR count). The van der Waals surface area contributed by atoms with E-state index in [1.807, 2.05) is 24.1 Å². The average Bonchev–Trinajstić information content (AvgIpc) is 3.04. The Bertz CT molecular complexity index is 953. The first-order chi connectivity index (χ1) is 12.6. The van der Waals surface area contributed by atoms with Crippen LogP contribution in [0.25, 0.3) is 21.6 Å². The van der Waals surface area contributed by atoms with Gasteiger partial charge in [-0.1, -0.05) is 0 Å². The van der Waals surface area contributed by atoms with E-state index in [2.05, 4.69) is 4.98 Å². The minimum atomic E-state index is -0.304. The predicted molar refractivity (Wildman–Crippen MR) is 104 cm³/mol. The molecule has 0 saturated heterocycles. The van der Waals surface area contributed by atoms with E-state index >= 15 is 0 Å². The van der Waals surface area contributed by atoms with E-state index in [0.717, 1.165) is 34.4 Å². The first-order valence-corrected chi connectivity index (χ1v) is 9.67. The van der Waals surface area contributed by atoms with E-state index in [4.69, 9.17) is 15.7 Å². The number of thiophene rings is 1. The van der Waals surface area contributed by atoms with Crippen LogP contribution in [0.15, 0.2) is 24.5 Å². The Kier molecular flexibility index (Phi) is 4.55. The van der Waals surface area contributed by atoms with Crippen molar-refractivity contribution in [2.75, 3.05) is 18.5 Å². The zero-order valence-corrected chi connectivity index (χ0v) is 15.6. The first kappa shape index (κ1) is 16.9. The predicted octanol–water partition coefficient (Wildman–Crippen LogP) is 2.94. The van der Waals surface area contributed by atoms with Crippen LogP contribution in [0, 0.1) is 0 Å². The number of aromatic nitrogens is 3. The van der Waals surface area contributed by atoms with Crippen molar-refractivity contribution in [2.45, 2.75) is 32.1 Å². The lowest BCUT2D eigenvalue weighted by molar-refractivity contribution is -0.117. The molecule has 6 nitrogen and oxygen atoms in total. The fourth-order valence-corrected chi connectivity index (χ4v) is 4.68. The van der Waals surface area contributed by atoms with Crippen molar-refractivity contribution in [3.8, 4) is 11.4 Å². The van der Waals surface area contributed by atoms with E-state index in [-0.39, 0.29) is 5.91 Å². The Labute approximate surface area is 156 Å². The number of pyridine rings is 1. The molecular weight excluding hydrogens is 346 g/mol. The summed E-state index contributed by atoms with van der Waals surface area (Å²) >= 11 is 1.77. The lowest BCUT2D eigenvalue weighted by Crippen LogP contribution is -2.25. The van der Waals surface area contributed by atoms with E-state index in [1.54, 1.807) is 23.7 Å². The Morgan fingerprint density at radius 1 is 1.31 bits per heavy atom.